The van der Waals surface area contributed by atoms with Crippen molar-refractivity contribution in [3.8, 4) is 0 Å². The number of nitrogens with zero attached hydrogens (tertiary/aromatic N) is 2. The van der Waals surface area contributed by atoms with Crippen LogP contribution >= 0.6 is 0 Å². The summed E-state index contributed by atoms with van der Waals surface area (Å²) in [4.78, 5) is 17.2. The predicted octanol–water partition coefficient (Wildman–Crippen LogP) is 0.772. The van der Waals surface area contributed by atoms with E-state index in [1.165, 1.54) is 0 Å². The van der Waals surface area contributed by atoms with E-state index in [4.69, 9.17) is 0 Å². The highest BCUT2D eigenvalue weighted by atomic mass is 16.1. The molecule has 0 saturated carbocycles. The fourth-order valence-electron chi connectivity index (χ4n) is 0.942. The molecule has 0 fully saturated rings. The summed E-state index contributed by atoms with van der Waals surface area (Å²) in [6, 6.07) is 4.49. The van der Waals surface area contributed by atoms with Gasteiger partial charge in [-0.2, -0.15) is 0 Å². The van der Waals surface area contributed by atoms with Gasteiger partial charge in [-0.25, -0.2) is 0 Å². The number of nitrogens with one attached hydrogen (secondary N) is 1. The van der Waals surface area contributed by atoms with Crippen LogP contribution in [0.1, 0.15) is 6.42 Å². The molecule has 0 unspecified atom stereocenters. The molecular weight excluding hydrogens is 178 g/mol. The molecule has 0 bridgehead atoms. The number of pyridine rings is 1. The Labute approximate surface area is 83.9 Å². The van der Waals surface area contributed by atoms with Crippen LogP contribution in [-0.2, 0) is 4.79 Å². The van der Waals surface area contributed by atoms with Gasteiger partial charge in [0.25, 0.3) is 0 Å². The second-order valence-electron chi connectivity index (χ2n) is 3.28. The minimum Gasteiger partial charge on any atom is -0.325 e. The van der Waals surface area contributed by atoms with Crippen LogP contribution in [-0.4, -0.2) is 36.4 Å². The Morgan fingerprint density at radius 3 is 3.00 bits per heavy atom. The summed E-state index contributed by atoms with van der Waals surface area (Å²) in [7, 11) is 3.87. The van der Waals surface area contributed by atoms with Crippen LogP contribution < -0.4 is 5.32 Å². The third-order valence-electron chi connectivity index (χ3n) is 1.67. The third kappa shape index (κ3) is 4.00. The molecule has 4 nitrogen and oxygen atoms in total. The monoisotopic (exact) mass is 192 g/mol. The number of hydrogen-bond donors (Lipinski definition) is 1. The van der Waals surface area contributed by atoms with E-state index in [9.17, 15) is 4.79 Å². The number of anilines is 1. The fourth-order valence-corrected chi connectivity index (χ4v) is 0.942. The Bertz CT molecular complexity index is 285. The van der Waals surface area contributed by atoms with Crippen molar-refractivity contribution in [2.45, 2.75) is 6.42 Å². The van der Waals surface area contributed by atoms with Gasteiger partial charge in [0.1, 0.15) is 0 Å². The number of rotatable bonds is 4. The Morgan fingerprint density at radius 2 is 2.43 bits per heavy atom. The standard InChI is InChI=1S/C10H14N3O/c1-13(2)7-5-10(14)12-9-4-3-6-11-8-9/h4,6,8H,5,7H2,1-2H3,(H,12,14). The summed E-state index contributed by atoms with van der Waals surface area (Å²) >= 11 is 0. The average molecular weight is 192 g/mol. The zero-order valence-electron chi connectivity index (χ0n) is 8.45. The summed E-state index contributed by atoms with van der Waals surface area (Å²) in [5.74, 6) is 0.0000926. The van der Waals surface area contributed by atoms with Crippen LogP contribution in [0.3, 0.4) is 0 Å². The molecule has 0 saturated heterocycles. The average Bonchev–Trinajstić information content (AvgIpc) is 2.16. The van der Waals surface area contributed by atoms with Crippen molar-refractivity contribution in [1.29, 1.82) is 0 Å². The van der Waals surface area contributed by atoms with Crippen molar-refractivity contribution in [1.82, 2.24) is 9.88 Å². The van der Waals surface area contributed by atoms with Gasteiger partial charge in [0.15, 0.2) is 0 Å². The molecule has 0 aromatic carbocycles. The minimum absolute atomic E-state index is 0.0000926. The number of carbonyl (C=O) groups excluding carboxylic acids is 1. The topological polar surface area (TPSA) is 45.2 Å². The summed E-state index contributed by atoms with van der Waals surface area (Å²) in [5, 5.41) is 2.74. The van der Waals surface area contributed by atoms with Crippen molar-refractivity contribution < 1.29 is 4.79 Å². The molecule has 1 aromatic heterocycles. The molecule has 1 N–H and O–H groups in total. The van der Waals surface area contributed by atoms with E-state index in [1.807, 2.05) is 19.0 Å². The molecule has 0 aliphatic heterocycles. The lowest BCUT2D eigenvalue weighted by atomic mass is 10.3. The molecule has 1 amide bonds. The lowest BCUT2D eigenvalue weighted by Gasteiger charge is -2.09. The zero-order chi connectivity index (χ0) is 10.4. The van der Waals surface area contributed by atoms with E-state index in [-0.39, 0.29) is 5.91 Å². The summed E-state index contributed by atoms with van der Waals surface area (Å²) in [5.41, 5.74) is 0.691. The summed E-state index contributed by atoms with van der Waals surface area (Å²) < 4.78 is 0. The molecule has 1 rings (SSSR count). The Kier molecular flexibility index (Phi) is 4.07. The van der Waals surface area contributed by atoms with Gasteiger partial charge < -0.3 is 10.2 Å². The SMILES string of the molecule is CN(C)CCC(=O)Nc1c[c]cnc1. The Balaban J connectivity index is 2.35. The quantitative estimate of drug-likeness (QED) is 0.766. The van der Waals surface area contributed by atoms with Crippen molar-refractivity contribution in [2.75, 3.05) is 26.0 Å². The number of carbonyl (C=O) groups is 1. The van der Waals surface area contributed by atoms with Crippen LogP contribution in [0.15, 0.2) is 18.5 Å². The molecule has 0 aliphatic rings. The van der Waals surface area contributed by atoms with Crippen LogP contribution in [0.4, 0.5) is 5.69 Å². The fraction of sp³-hybridized carbons (Fsp3) is 0.400. The first-order valence-corrected chi connectivity index (χ1v) is 4.44. The maximum Gasteiger partial charge on any atom is 0.225 e. The first-order chi connectivity index (χ1) is 6.68. The van der Waals surface area contributed by atoms with Gasteiger partial charge in [-0.15, -0.1) is 0 Å². The van der Waals surface area contributed by atoms with Crippen LogP contribution in [0.5, 0.6) is 0 Å². The molecule has 1 heterocycles. The highest BCUT2D eigenvalue weighted by Crippen LogP contribution is 2.02. The van der Waals surface area contributed by atoms with Gasteiger partial charge in [0, 0.05) is 25.2 Å². The Hall–Kier alpha value is -1.42. The van der Waals surface area contributed by atoms with Gasteiger partial charge in [0.2, 0.25) is 5.91 Å². The lowest BCUT2D eigenvalue weighted by molar-refractivity contribution is -0.116. The summed E-state index contributed by atoms with van der Waals surface area (Å²) in [6.07, 6.45) is 3.64. The largest absolute Gasteiger partial charge is 0.325 e. The molecule has 1 aromatic rings. The highest BCUT2D eigenvalue weighted by Gasteiger charge is 2.02. The first-order valence-electron chi connectivity index (χ1n) is 4.44. The molecule has 1 radical (unpaired) electrons. The van der Waals surface area contributed by atoms with E-state index >= 15 is 0 Å². The van der Waals surface area contributed by atoms with Gasteiger partial charge in [-0.1, -0.05) is 0 Å². The highest BCUT2D eigenvalue weighted by molar-refractivity contribution is 5.90. The van der Waals surface area contributed by atoms with E-state index < -0.39 is 0 Å². The molecular formula is C10H14N3O. The second kappa shape index (κ2) is 5.34. The van der Waals surface area contributed by atoms with Crippen LogP contribution in [0.25, 0.3) is 0 Å². The van der Waals surface area contributed by atoms with E-state index in [2.05, 4.69) is 16.4 Å². The number of hydrogen-bond acceptors (Lipinski definition) is 3. The molecule has 0 spiro atoms. The second-order valence-corrected chi connectivity index (χ2v) is 3.28. The zero-order valence-corrected chi connectivity index (χ0v) is 8.45. The maximum absolute atomic E-state index is 11.3. The number of amides is 1. The summed E-state index contributed by atoms with van der Waals surface area (Å²) in [6.45, 7) is 0.746. The van der Waals surface area contributed by atoms with Crippen LogP contribution in [0, 0.1) is 6.07 Å². The minimum atomic E-state index is 0.0000926. The molecule has 0 atom stereocenters. The van der Waals surface area contributed by atoms with Gasteiger partial charge in [-0.05, 0) is 20.2 Å². The molecule has 14 heavy (non-hydrogen) atoms. The van der Waals surface area contributed by atoms with Crippen molar-refractivity contribution >= 4 is 11.6 Å². The van der Waals surface area contributed by atoms with Crippen molar-refractivity contribution in [3.63, 3.8) is 0 Å². The van der Waals surface area contributed by atoms with Gasteiger partial charge >= 0.3 is 0 Å². The number of aromatic nitrogens is 1. The third-order valence-corrected chi connectivity index (χ3v) is 1.67. The predicted molar refractivity (Wildman–Crippen MR) is 54.9 cm³/mol. The van der Waals surface area contributed by atoms with Crippen molar-refractivity contribution in [3.05, 3.63) is 24.5 Å². The molecule has 4 heteroatoms. The van der Waals surface area contributed by atoms with E-state index in [1.54, 1.807) is 18.5 Å². The van der Waals surface area contributed by atoms with Crippen molar-refractivity contribution in [2.24, 2.45) is 0 Å². The smallest absolute Gasteiger partial charge is 0.225 e. The van der Waals surface area contributed by atoms with E-state index in [0.717, 1.165) is 6.54 Å². The maximum atomic E-state index is 11.3. The normalized spacial score (nSPS) is 10.2. The van der Waals surface area contributed by atoms with Gasteiger partial charge in [0.05, 0.1) is 11.9 Å². The molecule has 75 valence electrons. The molecule has 0 aliphatic carbocycles. The van der Waals surface area contributed by atoms with Crippen LogP contribution in [0.2, 0.25) is 0 Å². The lowest BCUT2D eigenvalue weighted by Crippen LogP contribution is -2.20. The first kappa shape index (κ1) is 10.7. The van der Waals surface area contributed by atoms with E-state index in [0.29, 0.717) is 12.1 Å². The van der Waals surface area contributed by atoms with Gasteiger partial charge in [-0.3, -0.25) is 9.78 Å². The Morgan fingerprint density at radius 1 is 1.64 bits per heavy atom.